The van der Waals surface area contributed by atoms with E-state index >= 15 is 0 Å². The Hall–Kier alpha value is -1.10. The number of rotatable bonds is 4. The molecule has 0 bridgehead atoms. The molecule has 1 heterocycles. The van der Waals surface area contributed by atoms with Crippen LogP contribution in [-0.2, 0) is 6.54 Å². The first-order valence-electron chi connectivity index (χ1n) is 6.14. The largest absolute Gasteiger partial charge is 0.346 e. The van der Waals surface area contributed by atoms with Crippen LogP contribution in [0.5, 0.6) is 0 Å². The summed E-state index contributed by atoms with van der Waals surface area (Å²) >= 11 is 13.4. The molecule has 2 aromatic rings. The molecular weight excluding hydrogens is 315 g/mol. The maximum atomic E-state index is 12.0. The molecule has 0 atom stereocenters. The van der Waals surface area contributed by atoms with Crippen LogP contribution >= 0.6 is 34.5 Å². The number of amides is 1. The van der Waals surface area contributed by atoms with Gasteiger partial charge in [-0.1, -0.05) is 37.0 Å². The van der Waals surface area contributed by atoms with Gasteiger partial charge in [-0.2, -0.15) is 0 Å². The van der Waals surface area contributed by atoms with Gasteiger partial charge in [0.1, 0.15) is 0 Å². The Kier molecular flexibility index (Phi) is 5.02. The number of thiazole rings is 1. The third-order valence-corrected chi connectivity index (χ3v) is 4.25. The molecule has 6 heteroatoms. The van der Waals surface area contributed by atoms with Gasteiger partial charge in [-0.15, -0.1) is 11.3 Å². The van der Waals surface area contributed by atoms with Crippen molar-refractivity contribution >= 4 is 40.4 Å². The molecule has 0 saturated heterocycles. The van der Waals surface area contributed by atoms with Crippen LogP contribution in [0, 0.1) is 0 Å². The summed E-state index contributed by atoms with van der Waals surface area (Å²) in [4.78, 5) is 16.5. The molecule has 0 unspecified atom stereocenters. The minimum Gasteiger partial charge on any atom is -0.346 e. The fourth-order valence-electron chi connectivity index (χ4n) is 1.63. The van der Waals surface area contributed by atoms with E-state index in [9.17, 15) is 4.79 Å². The van der Waals surface area contributed by atoms with Gasteiger partial charge in [-0.25, -0.2) is 4.98 Å². The molecule has 1 amide bonds. The topological polar surface area (TPSA) is 42.0 Å². The summed E-state index contributed by atoms with van der Waals surface area (Å²) in [6.45, 7) is 4.58. The summed E-state index contributed by atoms with van der Waals surface area (Å²) in [6.07, 6.45) is 0. The van der Waals surface area contributed by atoms with Crippen molar-refractivity contribution < 1.29 is 4.79 Å². The van der Waals surface area contributed by atoms with Crippen molar-refractivity contribution in [3.05, 3.63) is 49.9 Å². The first kappa shape index (κ1) is 15.3. The quantitative estimate of drug-likeness (QED) is 0.897. The number of hydrogen-bond donors (Lipinski definition) is 1. The summed E-state index contributed by atoms with van der Waals surface area (Å²) in [5.74, 6) is 0.185. The predicted molar refractivity (Wildman–Crippen MR) is 83.8 cm³/mol. The third kappa shape index (κ3) is 3.95. The summed E-state index contributed by atoms with van der Waals surface area (Å²) < 4.78 is 0. The number of benzene rings is 1. The van der Waals surface area contributed by atoms with Gasteiger partial charge in [0.15, 0.2) is 0 Å². The van der Waals surface area contributed by atoms with E-state index in [0.29, 0.717) is 28.1 Å². The molecule has 0 fully saturated rings. The summed E-state index contributed by atoms with van der Waals surface area (Å²) in [5, 5.41) is 6.72. The molecule has 0 aliphatic rings. The van der Waals surface area contributed by atoms with Gasteiger partial charge in [-0.05, 0) is 18.2 Å². The minimum atomic E-state index is -0.214. The van der Waals surface area contributed by atoms with E-state index in [2.05, 4.69) is 24.1 Å². The molecule has 0 spiro atoms. The third-order valence-electron chi connectivity index (χ3n) is 2.62. The summed E-state index contributed by atoms with van der Waals surface area (Å²) in [7, 11) is 0. The number of carbonyl (C=O) groups is 1. The SMILES string of the molecule is CC(C)c1nc(CNC(=O)c2cc(Cl)cc(Cl)c2)cs1. The number of carbonyl (C=O) groups excluding carboxylic acids is 1. The van der Waals surface area contributed by atoms with Crippen LogP contribution in [0.4, 0.5) is 0 Å². The number of aromatic nitrogens is 1. The van der Waals surface area contributed by atoms with E-state index in [-0.39, 0.29) is 5.91 Å². The summed E-state index contributed by atoms with van der Waals surface area (Å²) in [5.41, 5.74) is 1.31. The number of nitrogens with one attached hydrogen (secondary N) is 1. The predicted octanol–water partition coefficient (Wildman–Crippen LogP) is 4.50. The smallest absolute Gasteiger partial charge is 0.251 e. The lowest BCUT2D eigenvalue weighted by Gasteiger charge is -2.04. The van der Waals surface area contributed by atoms with Gasteiger partial charge in [0.2, 0.25) is 0 Å². The van der Waals surface area contributed by atoms with Crippen LogP contribution in [0.3, 0.4) is 0 Å². The molecule has 20 heavy (non-hydrogen) atoms. The lowest BCUT2D eigenvalue weighted by molar-refractivity contribution is 0.0950. The van der Waals surface area contributed by atoms with E-state index in [1.807, 2.05) is 5.38 Å². The number of hydrogen-bond acceptors (Lipinski definition) is 3. The molecule has 0 radical (unpaired) electrons. The van der Waals surface area contributed by atoms with Crippen molar-refractivity contribution in [1.82, 2.24) is 10.3 Å². The van der Waals surface area contributed by atoms with Gasteiger partial charge in [0.25, 0.3) is 5.91 Å². The van der Waals surface area contributed by atoms with E-state index in [4.69, 9.17) is 23.2 Å². The number of halogens is 2. The highest BCUT2D eigenvalue weighted by molar-refractivity contribution is 7.09. The van der Waals surface area contributed by atoms with Crippen molar-refractivity contribution in [2.75, 3.05) is 0 Å². The van der Waals surface area contributed by atoms with E-state index in [1.165, 1.54) is 0 Å². The standard InChI is InChI=1S/C14H14Cl2N2OS/c1-8(2)14-18-12(7-20-14)6-17-13(19)9-3-10(15)5-11(16)4-9/h3-5,7-8H,6H2,1-2H3,(H,17,19). The van der Waals surface area contributed by atoms with Crippen LogP contribution in [0.25, 0.3) is 0 Å². The monoisotopic (exact) mass is 328 g/mol. The second-order valence-electron chi connectivity index (χ2n) is 4.67. The fourth-order valence-corrected chi connectivity index (χ4v) is 2.99. The lowest BCUT2D eigenvalue weighted by Crippen LogP contribution is -2.23. The Labute approximate surface area is 131 Å². The second kappa shape index (κ2) is 6.57. The fraction of sp³-hybridized carbons (Fsp3) is 0.286. The van der Waals surface area contributed by atoms with Crippen LogP contribution in [0.1, 0.15) is 40.8 Å². The first-order chi connectivity index (χ1) is 9.45. The second-order valence-corrected chi connectivity index (χ2v) is 6.44. The Morgan fingerprint density at radius 3 is 2.50 bits per heavy atom. The minimum absolute atomic E-state index is 0.214. The molecule has 1 N–H and O–H groups in total. The average molecular weight is 329 g/mol. The van der Waals surface area contributed by atoms with Gasteiger partial charge < -0.3 is 5.32 Å². The van der Waals surface area contributed by atoms with Gasteiger partial charge >= 0.3 is 0 Å². The Bertz CT molecular complexity index is 605. The molecule has 0 saturated carbocycles. The first-order valence-corrected chi connectivity index (χ1v) is 7.78. The maximum Gasteiger partial charge on any atom is 0.251 e. The van der Waals surface area contributed by atoms with Gasteiger partial charge in [0.05, 0.1) is 17.2 Å². The molecule has 0 aliphatic heterocycles. The Morgan fingerprint density at radius 2 is 1.95 bits per heavy atom. The molecule has 106 valence electrons. The zero-order chi connectivity index (χ0) is 14.7. The molecule has 1 aromatic carbocycles. The Morgan fingerprint density at radius 1 is 1.30 bits per heavy atom. The van der Waals surface area contributed by atoms with Crippen LogP contribution in [0.2, 0.25) is 10.0 Å². The Balaban J connectivity index is 2.00. The van der Waals surface area contributed by atoms with Crippen molar-refractivity contribution in [2.45, 2.75) is 26.3 Å². The maximum absolute atomic E-state index is 12.0. The molecule has 0 aliphatic carbocycles. The van der Waals surface area contributed by atoms with Gasteiger partial charge in [-0.3, -0.25) is 4.79 Å². The van der Waals surface area contributed by atoms with E-state index < -0.39 is 0 Å². The average Bonchev–Trinajstić information content (AvgIpc) is 2.83. The molecule has 3 nitrogen and oxygen atoms in total. The van der Waals surface area contributed by atoms with E-state index in [0.717, 1.165) is 10.7 Å². The van der Waals surface area contributed by atoms with Crippen LogP contribution < -0.4 is 5.32 Å². The highest BCUT2D eigenvalue weighted by Gasteiger charge is 2.10. The highest BCUT2D eigenvalue weighted by atomic mass is 35.5. The van der Waals surface area contributed by atoms with E-state index in [1.54, 1.807) is 29.5 Å². The zero-order valence-corrected chi connectivity index (χ0v) is 13.4. The molecule has 2 rings (SSSR count). The summed E-state index contributed by atoms with van der Waals surface area (Å²) in [6, 6.07) is 4.77. The lowest BCUT2D eigenvalue weighted by atomic mass is 10.2. The zero-order valence-electron chi connectivity index (χ0n) is 11.1. The molecule has 1 aromatic heterocycles. The van der Waals surface area contributed by atoms with Crippen molar-refractivity contribution in [3.63, 3.8) is 0 Å². The van der Waals surface area contributed by atoms with Gasteiger partial charge in [0, 0.05) is 26.9 Å². The van der Waals surface area contributed by atoms with Crippen LogP contribution in [-0.4, -0.2) is 10.9 Å². The molecular formula is C14H14Cl2N2OS. The normalized spacial score (nSPS) is 10.8. The highest BCUT2D eigenvalue weighted by Crippen LogP contribution is 2.20. The van der Waals surface area contributed by atoms with Crippen molar-refractivity contribution in [2.24, 2.45) is 0 Å². The van der Waals surface area contributed by atoms with Crippen molar-refractivity contribution in [3.8, 4) is 0 Å². The number of nitrogens with zero attached hydrogens (tertiary/aromatic N) is 1. The van der Waals surface area contributed by atoms with Crippen LogP contribution in [0.15, 0.2) is 23.6 Å². The van der Waals surface area contributed by atoms with Crippen molar-refractivity contribution in [1.29, 1.82) is 0 Å².